The Labute approximate surface area is 338 Å². The zero-order valence-corrected chi connectivity index (χ0v) is 33.7. The molecule has 1 fully saturated rings. The van der Waals surface area contributed by atoms with Crippen LogP contribution in [0.1, 0.15) is 92.7 Å². The first-order chi connectivity index (χ1) is 27.6. The zero-order valence-electron chi connectivity index (χ0n) is 33.7. The summed E-state index contributed by atoms with van der Waals surface area (Å²) in [7, 11) is 2.17. The number of pyridine rings is 1. The number of likely N-dealkylation sites (tertiary alicyclic amines) is 1. The van der Waals surface area contributed by atoms with E-state index in [1.54, 1.807) is 0 Å². The first-order valence-electron chi connectivity index (χ1n) is 20.2. The third kappa shape index (κ3) is 12.9. The van der Waals surface area contributed by atoms with Gasteiger partial charge in [-0.05, 0) is 112 Å². The number of ether oxygens (including phenoxy) is 3. The lowest BCUT2D eigenvalue weighted by Crippen LogP contribution is -2.52. The summed E-state index contributed by atoms with van der Waals surface area (Å²) in [6.07, 6.45) is 21.5. The summed E-state index contributed by atoms with van der Waals surface area (Å²) in [5.41, 5.74) is 5.19. The lowest BCUT2D eigenvalue weighted by molar-refractivity contribution is -0.142. The second kappa shape index (κ2) is 21.4. The monoisotopic (exact) mass is 777 g/mol. The van der Waals surface area contributed by atoms with E-state index >= 15 is 0 Å². The third-order valence-electron chi connectivity index (χ3n) is 10.9. The summed E-state index contributed by atoms with van der Waals surface area (Å²) in [6.45, 7) is 8.31. The van der Waals surface area contributed by atoms with Crippen LogP contribution in [-0.2, 0) is 14.3 Å². The van der Waals surface area contributed by atoms with E-state index in [9.17, 15) is 9.59 Å². The molecule has 11 heteroatoms. The Morgan fingerprint density at radius 3 is 2.42 bits per heavy atom. The Hall–Kier alpha value is -5.15. The molecule has 57 heavy (non-hydrogen) atoms. The number of carbonyl (C=O) groups excluding carboxylic acids is 1. The molecule has 11 nitrogen and oxygen atoms in total. The topological polar surface area (TPSA) is 134 Å². The van der Waals surface area contributed by atoms with E-state index in [2.05, 4.69) is 76.9 Å². The number of amides is 1. The number of rotatable bonds is 21. The molecule has 0 radical (unpaired) electrons. The number of unbranched alkanes of at least 4 members (excludes halogenated alkanes) is 2. The van der Waals surface area contributed by atoms with Crippen molar-refractivity contribution in [3.63, 3.8) is 0 Å². The van der Waals surface area contributed by atoms with Gasteiger partial charge in [-0.1, -0.05) is 50.1 Å². The Bertz CT molecular complexity index is 1850. The van der Waals surface area contributed by atoms with Crippen molar-refractivity contribution in [3.05, 3.63) is 108 Å². The molecule has 0 saturated carbocycles. The number of allylic oxidation sites excluding steroid dienone is 2. The summed E-state index contributed by atoms with van der Waals surface area (Å²) >= 11 is 0. The number of terminal acetylenes is 1. The van der Waals surface area contributed by atoms with E-state index < -0.39 is 12.0 Å². The van der Waals surface area contributed by atoms with Crippen LogP contribution in [-0.4, -0.2) is 85.6 Å². The molecule has 1 amide bonds. The van der Waals surface area contributed by atoms with Crippen LogP contribution < -0.4 is 20.7 Å². The summed E-state index contributed by atoms with van der Waals surface area (Å²) < 4.78 is 16.5. The van der Waals surface area contributed by atoms with Gasteiger partial charge in [-0.15, -0.1) is 6.42 Å². The SMILES string of the molecule is C#C[C@H](NC(=O)c1cccc(NC2(C3=CCC(C)(CC)C=C(c4ccncc4)N3)CCN(C)CC2)c1)c1ccc(OCCCCCOCCCOCC(=O)O)cc1. The van der Waals surface area contributed by atoms with Crippen molar-refractivity contribution in [1.29, 1.82) is 0 Å². The molecule has 0 bridgehead atoms. The van der Waals surface area contributed by atoms with Crippen molar-refractivity contribution in [2.24, 2.45) is 5.41 Å². The van der Waals surface area contributed by atoms with Crippen LogP contribution in [0.3, 0.4) is 0 Å². The Morgan fingerprint density at radius 1 is 0.982 bits per heavy atom. The highest BCUT2D eigenvalue weighted by molar-refractivity contribution is 5.95. The number of hydrogen-bond acceptors (Lipinski definition) is 9. The lowest BCUT2D eigenvalue weighted by Gasteiger charge is -2.44. The number of anilines is 1. The molecule has 4 N–H and O–H groups in total. The highest BCUT2D eigenvalue weighted by Gasteiger charge is 2.39. The first kappa shape index (κ1) is 43.0. The minimum atomic E-state index is -0.965. The molecule has 2 aromatic carbocycles. The molecule has 1 unspecified atom stereocenters. The lowest BCUT2D eigenvalue weighted by atomic mass is 9.80. The normalized spacial score (nSPS) is 18.5. The minimum absolute atomic E-state index is 0.00139. The van der Waals surface area contributed by atoms with Gasteiger partial charge < -0.3 is 40.2 Å². The molecule has 3 aromatic rings. The van der Waals surface area contributed by atoms with E-state index in [4.69, 9.17) is 25.7 Å². The number of carboxylic acid groups (broad SMARTS) is 1. The standard InChI is InChI=1S/C46H59N5O6/c1-5-40(35-14-16-39(17-15-35)57-31-9-7-8-28-55-29-11-30-56-34-43(52)53)49-44(54)37-12-10-13-38(32-37)50-46(22-26-51(4)27-23-46)42-18-21-45(3,6-2)33-41(48-42)36-19-24-47-25-20-36/h1,10,12-20,24-25,32-33,40,48,50H,6-9,11,21-23,26-31,34H2,2-4H3,(H,49,54)(H,52,53)/t40-,45?/m0/s1. The Kier molecular flexibility index (Phi) is 16.1. The smallest absolute Gasteiger partial charge is 0.329 e. The molecule has 304 valence electrons. The van der Waals surface area contributed by atoms with Gasteiger partial charge in [-0.2, -0.15) is 0 Å². The van der Waals surface area contributed by atoms with Gasteiger partial charge in [0.05, 0.1) is 12.1 Å². The maximum atomic E-state index is 13.7. The maximum absolute atomic E-state index is 13.7. The van der Waals surface area contributed by atoms with Gasteiger partial charge >= 0.3 is 5.97 Å². The van der Waals surface area contributed by atoms with Gasteiger partial charge in [0.1, 0.15) is 18.4 Å². The van der Waals surface area contributed by atoms with Gasteiger partial charge in [-0.25, -0.2) is 4.79 Å². The molecular formula is C46H59N5O6. The van der Waals surface area contributed by atoms with E-state index in [-0.39, 0.29) is 23.5 Å². The molecule has 0 spiro atoms. The molecule has 1 saturated heterocycles. The van der Waals surface area contributed by atoms with Crippen molar-refractivity contribution in [1.82, 2.24) is 20.5 Å². The average Bonchev–Trinajstić information content (AvgIpc) is 3.41. The van der Waals surface area contributed by atoms with E-state index in [0.29, 0.717) is 38.4 Å². The molecule has 2 atom stereocenters. The number of aromatic nitrogens is 1. The third-order valence-corrected chi connectivity index (χ3v) is 10.9. The minimum Gasteiger partial charge on any atom is -0.494 e. The fourth-order valence-electron chi connectivity index (χ4n) is 7.09. The van der Waals surface area contributed by atoms with Crippen molar-refractivity contribution in [2.75, 3.05) is 58.5 Å². The van der Waals surface area contributed by atoms with Crippen LogP contribution in [0.2, 0.25) is 0 Å². The summed E-state index contributed by atoms with van der Waals surface area (Å²) in [5, 5.41) is 19.4. The largest absolute Gasteiger partial charge is 0.494 e. The maximum Gasteiger partial charge on any atom is 0.329 e. The van der Waals surface area contributed by atoms with Crippen molar-refractivity contribution >= 4 is 23.3 Å². The summed E-state index contributed by atoms with van der Waals surface area (Å²) in [6, 6.07) is 18.7. The van der Waals surface area contributed by atoms with Crippen LogP contribution >= 0.6 is 0 Å². The fraction of sp³-hybridized carbons (Fsp3) is 0.457. The predicted molar refractivity (Wildman–Crippen MR) is 225 cm³/mol. The Morgan fingerprint density at radius 2 is 1.70 bits per heavy atom. The molecule has 5 rings (SSSR count). The summed E-state index contributed by atoms with van der Waals surface area (Å²) in [4.78, 5) is 30.8. The van der Waals surface area contributed by atoms with E-state index in [0.717, 1.165) is 92.0 Å². The first-order valence-corrected chi connectivity index (χ1v) is 20.2. The zero-order chi connectivity index (χ0) is 40.5. The van der Waals surface area contributed by atoms with E-state index in [1.807, 2.05) is 60.9 Å². The molecule has 3 heterocycles. The number of nitrogens with zero attached hydrogens (tertiary/aromatic N) is 2. The number of carbonyl (C=O) groups is 2. The number of aliphatic carboxylic acids is 1. The van der Waals surface area contributed by atoms with Crippen LogP contribution in [0.5, 0.6) is 5.75 Å². The predicted octanol–water partition coefficient (Wildman–Crippen LogP) is 7.45. The van der Waals surface area contributed by atoms with Crippen molar-refractivity contribution in [2.45, 2.75) is 76.8 Å². The van der Waals surface area contributed by atoms with Gasteiger partial charge in [0.2, 0.25) is 0 Å². The highest BCUT2D eigenvalue weighted by atomic mass is 16.5. The van der Waals surface area contributed by atoms with Gasteiger partial charge in [0.25, 0.3) is 5.91 Å². The number of piperidine rings is 1. The van der Waals surface area contributed by atoms with Crippen molar-refractivity contribution in [3.8, 4) is 18.1 Å². The number of carboxylic acids is 1. The quantitative estimate of drug-likeness (QED) is 0.0639. The van der Waals surface area contributed by atoms with Crippen LogP contribution in [0.25, 0.3) is 5.70 Å². The van der Waals surface area contributed by atoms with Gasteiger partial charge in [-0.3, -0.25) is 9.78 Å². The highest BCUT2D eigenvalue weighted by Crippen LogP contribution is 2.40. The second-order valence-corrected chi connectivity index (χ2v) is 15.3. The number of nitrogens with one attached hydrogen (secondary N) is 3. The van der Waals surface area contributed by atoms with Crippen molar-refractivity contribution < 1.29 is 28.9 Å². The molecule has 1 aromatic heterocycles. The molecular weight excluding hydrogens is 719 g/mol. The molecule has 2 aliphatic heterocycles. The molecule has 0 aliphatic carbocycles. The van der Waals surface area contributed by atoms with Crippen LogP contribution in [0.15, 0.2) is 90.9 Å². The summed E-state index contributed by atoms with van der Waals surface area (Å²) in [5.74, 6) is 2.27. The van der Waals surface area contributed by atoms with Gasteiger partial charge in [0, 0.05) is 73.5 Å². The molecule has 2 aliphatic rings. The number of hydrogen-bond donors (Lipinski definition) is 4. The van der Waals surface area contributed by atoms with Gasteiger partial charge in [0.15, 0.2) is 0 Å². The van der Waals surface area contributed by atoms with E-state index in [1.165, 1.54) is 0 Å². The Balaban J connectivity index is 1.16. The average molecular weight is 778 g/mol. The van der Waals surface area contributed by atoms with Crippen LogP contribution in [0, 0.1) is 17.8 Å². The second-order valence-electron chi connectivity index (χ2n) is 15.3. The van der Waals surface area contributed by atoms with Crippen LogP contribution in [0.4, 0.5) is 5.69 Å². The fourth-order valence-corrected chi connectivity index (χ4v) is 7.09. The number of benzene rings is 2.